The van der Waals surface area contributed by atoms with Crippen molar-refractivity contribution in [2.45, 2.75) is 0 Å². The molecule has 7 nitrogen and oxygen atoms in total. The van der Waals surface area contributed by atoms with Gasteiger partial charge in [-0.15, -0.1) is 0 Å². The highest BCUT2D eigenvalue weighted by Gasteiger charge is 2.14. The zero-order valence-electron chi connectivity index (χ0n) is 20.6. The van der Waals surface area contributed by atoms with Gasteiger partial charge < -0.3 is 14.2 Å². The number of carbonyl (C=O) groups is 2. The summed E-state index contributed by atoms with van der Waals surface area (Å²) in [7, 11) is 1.56. The molecule has 0 aliphatic heterocycles. The van der Waals surface area contributed by atoms with Crippen LogP contribution in [0.15, 0.2) is 108 Å². The molecule has 38 heavy (non-hydrogen) atoms. The standard InChI is InChI=1S/C31H24N2O5/c1-36-24-16-13-23(14-17-24)31(35)38-29-18-15-22-8-2-4-10-25(22)27(29)19-32-33-30(34)20-37-28-12-6-9-21-7-3-5-11-26(21)28/h2-19H,20H2,1H3,(H,33,34)/b32-19+. The summed E-state index contributed by atoms with van der Waals surface area (Å²) >= 11 is 0. The van der Waals surface area contributed by atoms with Crippen molar-refractivity contribution in [2.75, 3.05) is 13.7 Å². The minimum absolute atomic E-state index is 0.208. The van der Waals surface area contributed by atoms with Crippen molar-refractivity contribution in [3.8, 4) is 17.2 Å². The van der Waals surface area contributed by atoms with Crippen molar-refractivity contribution in [3.63, 3.8) is 0 Å². The second-order valence-corrected chi connectivity index (χ2v) is 8.38. The van der Waals surface area contributed by atoms with E-state index in [1.807, 2.05) is 72.8 Å². The normalized spacial score (nSPS) is 11.0. The van der Waals surface area contributed by atoms with Crippen molar-refractivity contribution in [1.82, 2.24) is 5.43 Å². The zero-order valence-corrected chi connectivity index (χ0v) is 20.6. The first-order valence-electron chi connectivity index (χ1n) is 11.9. The Morgan fingerprint density at radius 3 is 2.21 bits per heavy atom. The highest BCUT2D eigenvalue weighted by atomic mass is 16.5. The number of benzene rings is 5. The Bertz CT molecular complexity index is 1640. The smallest absolute Gasteiger partial charge is 0.343 e. The molecule has 0 radical (unpaired) electrons. The lowest BCUT2D eigenvalue weighted by Gasteiger charge is -2.11. The summed E-state index contributed by atoms with van der Waals surface area (Å²) in [5.74, 6) is 0.620. The topological polar surface area (TPSA) is 86.2 Å². The summed E-state index contributed by atoms with van der Waals surface area (Å²) in [4.78, 5) is 25.3. The molecule has 5 aromatic rings. The number of hydrogen-bond acceptors (Lipinski definition) is 6. The molecule has 0 fully saturated rings. The van der Waals surface area contributed by atoms with E-state index >= 15 is 0 Å². The Morgan fingerprint density at radius 1 is 0.763 bits per heavy atom. The molecule has 1 amide bonds. The summed E-state index contributed by atoms with van der Waals surface area (Å²) in [5.41, 5.74) is 3.42. The lowest BCUT2D eigenvalue weighted by Crippen LogP contribution is -2.24. The molecule has 0 bridgehead atoms. The van der Waals surface area contributed by atoms with Crippen LogP contribution in [-0.4, -0.2) is 31.8 Å². The van der Waals surface area contributed by atoms with E-state index in [2.05, 4.69) is 10.5 Å². The SMILES string of the molecule is COc1ccc(C(=O)Oc2ccc3ccccc3c2/C=N/NC(=O)COc2cccc3ccccc23)cc1. The Morgan fingerprint density at radius 2 is 1.45 bits per heavy atom. The number of hydrogen-bond donors (Lipinski definition) is 1. The third-order valence-corrected chi connectivity index (χ3v) is 5.95. The van der Waals surface area contributed by atoms with Gasteiger partial charge in [0.15, 0.2) is 6.61 Å². The van der Waals surface area contributed by atoms with Crippen LogP contribution in [0.3, 0.4) is 0 Å². The second kappa shape index (κ2) is 11.3. The van der Waals surface area contributed by atoms with E-state index in [9.17, 15) is 9.59 Å². The second-order valence-electron chi connectivity index (χ2n) is 8.38. The van der Waals surface area contributed by atoms with Gasteiger partial charge in [-0.3, -0.25) is 4.79 Å². The summed E-state index contributed by atoms with van der Waals surface area (Å²) < 4.78 is 16.6. The van der Waals surface area contributed by atoms with Crippen LogP contribution >= 0.6 is 0 Å². The van der Waals surface area contributed by atoms with E-state index in [0.29, 0.717) is 28.4 Å². The Kier molecular flexibility index (Phi) is 7.27. The molecule has 0 aromatic heterocycles. The number of nitrogens with zero attached hydrogens (tertiary/aromatic N) is 1. The van der Waals surface area contributed by atoms with Gasteiger partial charge in [0.2, 0.25) is 0 Å². The summed E-state index contributed by atoms with van der Waals surface area (Å²) in [6.07, 6.45) is 1.47. The van der Waals surface area contributed by atoms with Crippen LogP contribution in [0.5, 0.6) is 17.2 Å². The van der Waals surface area contributed by atoms with E-state index in [0.717, 1.165) is 21.5 Å². The fourth-order valence-corrected chi connectivity index (χ4v) is 4.05. The van der Waals surface area contributed by atoms with Crippen LogP contribution in [0.4, 0.5) is 0 Å². The van der Waals surface area contributed by atoms with E-state index < -0.39 is 11.9 Å². The molecule has 7 heteroatoms. The highest BCUT2D eigenvalue weighted by Crippen LogP contribution is 2.28. The predicted molar refractivity (Wildman–Crippen MR) is 147 cm³/mol. The summed E-state index contributed by atoms with van der Waals surface area (Å²) in [5, 5.41) is 7.81. The largest absolute Gasteiger partial charge is 0.497 e. The number of rotatable bonds is 8. The van der Waals surface area contributed by atoms with Gasteiger partial charge in [0.25, 0.3) is 5.91 Å². The van der Waals surface area contributed by atoms with E-state index in [4.69, 9.17) is 14.2 Å². The zero-order chi connectivity index (χ0) is 26.3. The number of fused-ring (bicyclic) bond motifs is 2. The molecule has 0 heterocycles. The van der Waals surface area contributed by atoms with E-state index in [1.165, 1.54) is 6.21 Å². The van der Waals surface area contributed by atoms with Crippen LogP contribution < -0.4 is 19.6 Å². The van der Waals surface area contributed by atoms with Gasteiger partial charge >= 0.3 is 5.97 Å². The van der Waals surface area contributed by atoms with Crippen LogP contribution in [-0.2, 0) is 4.79 Å². The van der Waals surface area contributed by atoms with Crippen molar-refractivity contribution in [1.29, 1.82) is 0 Å². The number of hydrazone groups is 1. The first-order valence-corrected chi connectivity index (χ1v) is 11.9. The number of nitrogens with one attached hydrogen (secondary N) is 1. The number of esters is 1. The molecule has 0 unspecified atom stereocenters. The minimum Gasteiger partial charge on any atom is -0.497 e. The van der Waals surface area contributed by atoms with Crippen LogP contribution in [0.1, 0.15) is 15.9 Å². The van der Waals surface area contributed by atoms with E-state index in [1.54, 1.807) is 37.4 Å². The van der Waals surface area contributed by atoms with Gasteiger partial charge in [-0.25, -0.2) is 10.2 Å². The fraction of sp³-hybridized carbons (Fsp3) is 0.0645. The number of amides is 1. The lowest BCUT2D eigenvalue weighted by atomic mass is 10.0. The minimum atomic E-state index is -0.523. The molecule has 0 atom stereocenters. The highest BCUT2D eigenvalue weighted by molar-refractivity contribution is 6.04. The maximum absolute atomic E-state index is 12.8. The average molecular weight is 505 g/mol. The number of ether oxygens (including phenoxy) is 3. The number of methoxy groups -OCH3 is 1. The molecule has 0 spiro atoms. The first-order chi connectivity index (χ1) is 18.6. The van der Waals surface area contributed by atoms with E-state index in [-0.39, 0.29) is 6.61 Å². The molecule has 5 aromatic carbocycles. The molecular weight excluding hydrogens is 480 g/mol. The van der Waals surface area contributed by atoms with Crippen molar-refractivity contribution in [2.24, 2.45) is 5.10 Å². The molecule has 0 aliphatic rings. The average Bonchev–Trinajstić information content (AvgIpc) is 2.97. The lowest BCUT2D eigenvalue weighted by molar-refractivity contribution is -0.123. The molecule has 1 N–H and O–H groups in total. The maximum Gasteiger partial charge on any atom is 0.343 e. The number of carbonyl (C=O) groups excluding carboxylic acids is 2. The quantitative estimate of drug-likeness (QED) is 0.126. The molecule has 188 valence electrons. The molecule has 5 rings (SSSR count). The third-order valence-electron chi connectivity index (χ3n) is 5.95. The van der Waals surface area contributed by atoms with Crippen molar-refractivity contribution >= 4 is 39.6 Å². The molecule has 0 aliphatic carbocycles. The first kappa shape index (κ1) is 24.5. The Labute approximate surface area is 219 Å². The summed E-state index contributed by atoms with van der Waals surface area (Å²) in [6, 6.07) is 31.3. The monoisotopic (exact) mass is 504 g/mol. The predicted octanol–water partition coefficient (Wildman–Crippen LogP) is 5.75. The van der Waals surface area contributed by atoms with Gasteiger partial charge in [-0.05, 0) is 52.6 Å². The van der Waals surface area contributed by atoms with Gasteiger partial charge in [0.1, 0.15) is 17.2 Å². The Balaban J connectivity index is 1.31. The van der Waals surface area contributed by atoms with Crippen LogP contribution in [0.2, 0.25) is 0 Å². The summed E-state index contributed by atoms with van der Waals surface area (Å²) in [6.45, 7) is -0.208. The van der Waals surface area contributed by atoms with Crippen molar-refractivity contribution < 1.29 is 23.8 Å². The molecule has 0 saturated carbocycles. The van der Waals surface area contributed by atoms with Gasteiger partial charge in [0, 0.05) is 10.9 Å². The fourth-order valence-electron chi connectivity index (χ4n) is 4.05. The molecular formula is C31H24N2O5. The molecule has 0 saturated heterocycles. The van der Waals surface area contributed by atoms with Gasteiger partial charge in [-0.1, -0.05) is 66.7 Å². The van der Waals surface area contributed by atoms with Crippen LogP contribution in [0.25, 0.3) is 21.5 Å². The Hall–Kier alpha value is -5.17. The third kappa shape index (κ3) is 5.47. The van der Waals surface area contributed by atoms with Gasteiger partial charge in [0.05, 0.1) is 18.9 Å². The maximum atomic E-state index is 12.8. The van der Waals surface area contributed by atoms with Crippen LogP contribution in [0, 0.1) is 0 Å². The van der Waals surface area contributed by atoms with Crippen molar-refractivity contribution in [3.05, 3.63) is 114 Å². The van der Waals surface area contributed by atoms with Gasteiger partial charge in [-0.2, -0.15) is 5.10 Å².